The Balaban J connectivity index is 1.91. The highest BCUT2D eigenvalue weighted by Gasteiger charge is 2.27. The van der Waals surface area contributed by atoms with Gasteiger partial charge in [-0.15, -0.1) is 0 Å². The summed E-state index contributed by atoms with van der Waals surface area (Å²) in [5.41, 5.74) is 0.602. The molecule has 1 aromatic rings. The van der Waals surface area contributed by atoms with Gasteiger partial charge < -0.3 is 19.5 Å². The van der Waals surface area contributed by atoms with Crippen molar-refractivity contribution in [3.8, 4) is 0 Å². The van der Waals surface area contributed by atoms with E-state index in [2.05, 4.69) is 5.32 Å². The highest BCUT2D eigenvalue weighted by molar-refractivity contribution is 7.89. The van der Waals surface area contributed by atoms with Gasteiger partial charge in [-0.1, -0.05) is 6.07 Å². The van der Waals surface area contributed by atoms with Gasteiger partial charge in [0.2, 0.25) is 10.0 Å². The number of sulfonamides is 1. The summed E-state index contributed by atoms with van der Waals surface area (Å²) >= 11 is 0. The maximum atomic E-state index is 12.8. The molecule has 0 bridgehead atoms. The first-order chi connectivity index (χ1) is 14.8. The van der Waals surface area contributed by atoms with Crippen molar-refractivity contribution in [3.63, 3.8) is 0 Å². The van der Waals surface area contributed by atoms with Crippen LogP contribution in [0.25, 0.3) is 0 Å². The lowest BCUT2D eigenvalue weighted by Gasteiger charge is -2.26. The zero-order valence-corrected chi connectivity index (χ0v) is 18.5. The van der Waals surface area contributed by atoms with Crippen LogP contribution in [-0.2, 0) is 33.8 Å². The van der Waals surface area contributed by atoms with Gasteiger partial charge in [-0.05, 0) is 38.0 Å². The first-order valence-electron chi connectivity index (χ1n) is 10.0. The molecule has 1 N–H and O–H groups in total. The SMILES string of the molecule is CCOC(=O)CCCNC(=O)COC(=O)c1cc(S(=O)(=O)N2CCOCC2)ccc1C. The molecular weight excluding hydrogens is 428 g/mol. The number of benzene rings is 1. The number of esters is 2. The number of ether oxygens (including phenoxy) is 3. The number of rotatable bonds is 10. The van der Waals surface area contributed by atoms with Gasteiger partial charge in [0.15, 0.2) is 6.61 Å². The van der Waals surface area contributed by atoms with Crippen molar-refractivity contribution in [2.45, 2.75) is 31.6 Å². The second kappa shape index (κ2) is 11.8. The maximum Gasteiger partial charge on any atom is 0.338 e. The van der Waals surface area contributed by atoms with Crippen LogP contribution in [0.15, 0.2) is 23.1 Å². The molecule has 0 aromatic heterocycles. The van der Waals surface area contributed by atoms with Crippen molar-refractivity contribution in [3.05, 3.63) is 29.3 Å². The van der Waals surface area contributed by atoms with Crippen molar-refractivity contribution in [2.75, 3.05) is 46.1 Å². The first kappa shape index (κ1) is 24.8. The number of nitrogens with zero attached hydrogens (tertiary/aromatic N) is 1. The predicted molar refractivity (Wildman–Crippen MR) is 110 cm³/mol. The van der Waals surface area contributed by atoms with Crippen LogP contribution in [0.5, 0.6) is 0 Å². The molecule has 0 aliphatic carbocycles. The van der Waals surface area contributed by atoms with Crippen molar-refractivity contribution >= 4 is 27.9 Å². The molecule has 0 radical (unpaired) electrons. The summed E-state index contributed by atoms with van der Waals surface area (Å²) in [6.45, 7) is 4.50. The van der Waals surface area contributed by atoms with Gasteiger partial charge in [-0.25, -0.2) is 13.2 Å². The van der Waals surface area contributed by atoms with Crippen LogP contribution in [0.4, 0.5) is 0 Å². The molecular formula is C20H28N2O8S. The van der Waals surface area contributed by atoms with Crippen LogP contribution >= 0.6 is 0 Å². The number of hydrogen-bond donors (Lipinski definition) is 1. The molecule has 1 aliphatic heterocycles. The van der Waals surface area contributed by atoms with Crippen molar-refractivity contribution in [1.29, 1.82) is 0 Å². The topological polar surface area (TPSA) is 128 Å². The van der Waals surface area contributed by atoms with E-state index in [1.165, 1.54) is 22.5 Å². The lowest BCUT2D eigenvalue weighted by atomic mass is 10.1. The van der Waals surface area contributed by atoms with Crippen molar-refractivity contribution in [1.82, 2.24) is 9.62 Å². The number of hydrogen-bond acceptors (Lipinski definition) is 8. The minimum atomic E-state index is -3.76. The molecule has 11 heteroatoms. The summed E-state index contributed by atoms with van der Waals surface area (Å²) in [5, 5.41) is 2.54. The lowest BCUT2D eigenvalue weighted by molar-refractivity contribution is -0.143. The van der Waals surface area contributed by atoms with E-state index in [4.69, 9.17) is 14.2 Å². The summed E-state index contributed by atoms with van der Waals surface area (Å²) in [6.07, 6.45) is 0.580. The number of aryl methyl sites for hydroxylation is 1. The van der Waals surface area contributed by atoms with Crippen LogP contribution in [0, 0.1) is 6.92 Å². The van der Waals surface area contributed by atoms with E-state index >= 15 is 0 Å². The summed E-state index contributed by atoms with van der Waals surface area (Å²) in [6, 6.07) is 4.23. The van der Waals surface area contributed by atoms with E-state index in [-0.39, 0.29) is 42.5 Å². The Kier molecular flexibility index (Phi) is 9.41. The van der Waals surface area contributed by atoms with Crippen LogP contribution < -0.4 is 5.32 Å². The van der Waals surface area contributed by atoms with Gasteiger partial charge in [0.25, 0.3) is 5.91 Å². The van der Waals surface area contributed by atoms with Crippen LogP contribution in [0.3, 0.4) is 0 Å². The highest BCUT2D eigenvalue weighted by atomic mass is 32.2. The molecule has 0 spiro atoms. The molecule has 172 valence electrons. The number of amides is 1. The number of carbonyl (C=O) groups excluding carboxylic acids is 3. The molecule has 0 unspecified atom stereocenters. The monoisotopic (exact) mass is 456 g/mol. The molecule has 10 nitrogen and oxygen atoms in total. The van der Waals surface area contributed by atoms with Crippen molar-refractivity contribution in [2.24, 2.45) is 0 Å². The molecule has 31 heavy (non-hydrogen) atoms. The second-order valence-corrected chi connectivity index (χ2v) is 8.77. The van der Waals surface area contributed by atoms with Crippen LogP contribution in [-0.4, -0.2) is 76.6 Å². The van der Waals surface area contributed by atoms with E-state index in [1.54, 1.807) is 13.8 Å². The molecule has 0 atom stereocenters. The second-order valence-electron chi connectivity index (χ2n) is 6.83. The summed E-state index contributed by atoms with van der Waals surface area (Å²) in [5.74, 6) is -1.66. The third kappa shape index (κ3) is 7.30. The molecule has 1 heterocycles. The zero-order valence-electron chi connectivity index (χ0n) is 17.7. The maximum absolute atomic E-state index is 12.8. The van der Waals surface area contributed by atoms with Gasteiger partial charge >= 0.3 is 11.9 Å². The standard InChI is InChI=1S/C20H28N2O8S/c1-3-29-19(24)5-4-8-21-18(23)14-30-20(25)17-13-16(7-6-15(17)2)31(26,27)22-9-11-28-12-10-22/h6-7,13H,3-5,8-12,14H2,1-2H3,(H,21,23). The molecule has 1 amide bonds. The fourth-order valence-electron chi connectivity index (χ4n) is 2.87. The normalized spacial score (nSPS) is 14.6. The molecule has 1 aliphatic rings. The third-order valence-electron chi connectivity index (χ3n) is 4.56. The Hall–Kier alpha value is -2.50. The predicted octanol–water partition coefficient (Wildman–Crippen LogP) is 0.632. The van der Waals surface area contributed by atoms with Gasteiger partial charge in [-0.3, -0.25) is 9.59 Å². The molecule has 0 saturated carbocycles. The Bertz CT molecular complexity index is 894. The molecule has 2 rings (SSSR count). The smallest absolute Gasteiger partial charge is 0.338 e. The van der Waals surface area contributed by atoms with E-state index in [1.807, 2.05) is 0 Å². The fourth-order valence-corrected chi connectivity index (χ4v) is 4.31. The highest BCUT2D eigenvalue weighted by Crippen LogP contribution is 2.21. The lowest BCUT2D eigenvalue weighted by Crippen LogP contribution is -2.40. The van der Waals surface area contributed by atoms with E-state index in [9.17, 15) is 22.8 Å². The van der Waals surface area contributed by atoms with E-state index in [0.717, 1.165) is 0 Å². The third-order valence-corrected chi connectivity index (χ3v) is 6.45. The molecule has 1 fully saturated rings. The largest absolute Gasteiger partial charge is 0.466 e. The zero-order chi connectivity index (χ0) is 22.9. The molecule has 1 saturated heterocycles. The average Bonchev–Trinajstić information content (AvgIpc) is 2.76. The molecule has 1 aromatic carbocycles. The Morgan fingerprint density at radius 3 is 2.55 bits per heavy atom. The van der Waals surface area contributed by atoms with E-state index < -0.39 is 28.5 Å². The first-order valence-corrected chi connectivity index (χ1v) is 11.5. The minimum Gasteiger partial charge on any atom is -0.466 e. The minimum absolute atomic E-state index is 0.0182. The van der Waals surface area contributed by atoms with Crippen molar-refractivity contribution < 1.29 is 37.0 Å². The van der Waals surface area contributed by atoms with Crippen LogP contribution in [0.2, 0.25) is 0 Å². The van der Waals surface area contributed by atoms with Gasteiger partial charge in [0, 0.05) is 26.1 Å². The summed E-state index contributed by atoms with van der Waals surface area (Å²) < 4.78 is 41.9. The van der Waals surface area contributed by atoms with Gasteiger partial charge in [-0.2, -0.15) is 4.31 Å². The fraction of sp³-hybridized carbons (Fsp3) is 0.550. The number of morpholine rings is 1. The Labute approximate surface area is 181 Å². The number of carbonyl (C=O) groups is 3. The quantitative estimate of drug-likeness (QED) is 0.401. The number of nitrogens with one attached hydrogen (secondary N) is 1. The van der Waals surface area contributed by atoms with E-state index in [0.29, 0.717) is 31.8 Å². The Morgan fingerprint density at radius 1 is 1.16 bits per heavy atom. The average molecular weight is 457 g/mol. The van der Waals surface area contributed by atoms with Gasteiger partial charge in [0.1, 0.15) is 0 Å². The summed E-state index contributed by atoms with van der Waals surface area (Å²) in [4.78, 5) is 35.5. The van der Waals surface area contributed by atoms with Crippen LogP contribution in [0.1, 0.15) is 35.7 Å². The van der Waals surface area contributed by atoms with Gasteiger partial charge in [0.05, 0.1) is 30.3 Å². The Morgan fingerprint density at radius 2 is 1.87 bits per heavy atom. The summed E-state index contributed by atoms with van der Waals surface area (Å²) in [7, 11) is -3.76.